The molecule has 0 unspecified atom stereocenters. The molecule has 1 aromatic rings. The van der Waals surface area contributed by atoms with E-state index in [9.17, 15) is 4.79 Å². The number of carbonyl (C=O) groups is 1. The molecule has 0 aromatic heterocycles. The third-order valence-corrected chi connectivity index (χ3v) is 3.38. The topological polar surface area (TPSA) is 50.8 Å². The summed E-state index contributed by atoms with van der Waals surface area (Å²) in [5, 5.41) is 2.89. The molecule has 1 heterocycles. The van der Waals surface area contributed by atoms with E-state index in [4.69, 9.17) is 9.47 Å². The number of nitrogens with zero attached hydrogens (tertiary/aromatic N) is 1. The lowest BCUT2D eigenvalue weighted by atomic mass is 10.2. The third-order valence-electron chi connectivity index (χ3n) is 3.38. The first kappa shape index (κ1) is 15.5. The molecular formula is C16H22N2O3. The predicted octanol–water partition coefficient (Wildman–Crippen LogP) is 1.16. The van der Waals surface area contributed by atoms with Crippen molar-refractivity contribution in [3.05, 3.63) is 35.9 Å². The van der Waals surface area contributed by atoms with Gasteiger partial charge in [0.25, 0.3) is 0 Å². The minimum Gasteiger partial charge on any atom is -0.496 e. The SMILES string of the molecule is COc1ccccc1C=CC(=O)NCCN1CCOCC1. The molecule has 5 nitrogen and oxygen atoms in total. The minimum absolute atomic E-state index is 0.0887. The van der Waals surface area contributed by atoms with E-state index in [1.54, 1.807) is 13.2 Å². The first-order valence-electron chi connectivity index (χ1n) is 7.18. The highest BCUT2D eigenvalue weighted by molar-refractivity contribution is 5.92. The molecule has 21 heavy (non-hydrogen) atoms. The molecule has 0 radical (unpaired) electrons. The van der Waals surface area contributed by atoms with E-state index in [1.165, 1.54) is 6.08 Å². The standard InChI is InChI=1S/C16H22N2O3/c1-20-15-5-3-2-4-14(15)6-7-16(19)17-8-9-18-10-12-21-13-11-18/h2-7H,8-13H2,1H3,(H,17,19). The first-order valence-corrected chi connectivity index (χ1v) is 7.18. The quantitative estimate of drug-likeness (QED) is 0.799. The number of para-hydroxylation sites is 1. The van der Waals surface area contributed by atoms with Gasteiger partial charge in [-0.05, 0) is 12.1 Å². The second-order valence-corrected chi connectivity index (χ2v) is 4.82. The van der Waals surface area contributed by atoms with Gasteiger partial charge < -0.3 is 14.8 Å². The van der Waals surface area contributed by atoms with Gasteiger partial charge in [-0.2, -0.15) is 0 Å². The van der Waals surface area contributed by atoms with Crippen LogP contribution in [0.15, 0.2) is 30.3 Å². The predicted molar refractivity (Wildman–Crippen MR) is 82.3 cm³/mol. The van der Waals surface area contributed by atoms with Crippen molar-refractivity contribution in [2.75, 3.05) is 46.5 Å². The van der Waals surface area contributed by atoms with Crippen LogP contribution in [0.1, 0.15) is 5.56 Å². The summed E-state index contributed by atoms with van der Waals surface area (Å²) in [5.74, 6) is 0.670. The fraction of sp³-hybridized carbons (Fsp3) is 0.438. The monoisotopic (exact) mass is 290 g/mol. The second kappa shape index (κ2) is 8.44. The molecule has 0 bridgehead atoms. The number of rotatable bonds is 6. The molecule has 2 rings (SSSR count). The number of methoxy groups -OCH3 is 1. The fourth-order valence-corrected chi connectivity index (χ4v) is 2.19. The Morgan fingerprint density at radius 3 is 2.90 bits per heavy atom. The number of hydrogen-bond acceptors (Lipinski definition) is 4. The van der Waals surface area contributed by atoms with Gasteiger partial charge in [-0.1, -0.05) is 18.2 Å². The Kier molecular flexibility index (Phi) is 6.24. The van der Waals surface area contributed by atoms with Crippen molar-refractivity contribution in [3.63, 3.8) is 0 Å². The normalized spacial score (nSPS) is 16.0. The lowest BCUT2D eigenvalue weighted by Gasteiger charge is -2.26. The Balaban J connectivity index is 1.74. The zero-order chi connectivity index (χ0) is 14.9. The van der Waals surface area contributed by atoms with Crippen LogP contribution in [-0.2, 0) is 9.53 Å². The summed E-state index contributed by atoms with van der Waals surface area (Å²) in [6.45, 7) is 4.94. The van der Waals surface area contributed by atoms with Crippen molar-refractivity contribution in [3.8, 4) is 5.75 Å². The second-order valence-electron chi connectivity index (χ2n) is 4.82. The van der Waals surface area contributed by atoms with E-state index in [2.05, 4.69) is 10.2 Å². The molecule has 114 valence electrons. The lowest BCUT2D eigenvalue weighted by Crippen LogP contribution is -2.41. The Morgan fingerprint density at radius 1 is 1.38 bits per heavy atom. The van der Waals surface area contributed by atoms with E-state index >= 15 is 0 Å². The van der Waals surface area contributed by atoms with Crippen molar-refractivity contribution in [1.29, 1.82) is 0 Å². The third kappa shape index (κ3) is 5.21. The van der Waals surface area contributed by atoms with E-state index in [0.29, 0.717) is 6.54 Å². The van der Waals surface area contributed by atoms with Crippen LogP contribution in [0.3, 0.4) is 0 Å². The lowest BCUT2D eigenvalue weighted by molar-refractivity contribution is -0.116. The zero-order valence-corrected chi connectivity index (χ0v) is 12.4. The van der Waals surface area contributed by atoms with Crippen molar-refractivity contribution >= 4 is 12.0 Å². The number of carbonyl (C=O) groups excluding carboxylic acids is 1. The van der Waals surface area contributed by atoms with Gasteiger partial charge in [0.2, 0.25) is 5.91 Å². The Morgan fingerprint density at radius 2 is 2.14 bits per heavy atom. The highest BCUT2D eigenvalue weighted by atomic mass is 16.5. The summed E-state index contributed by atoms with van der Waals surface area (Å²) in [6, 6.07) is 7.60. The van der Waals surface area contributed by atoms with Crippen LogP contribution in [0, 0.1) is 0 Å². The molecule has 1 N–H and O–H groups in total. The molecule has 1 aliphatic rings. The van der Waals surface area contributed by atoms with Crippen molar-refractivity contribution in [2.45, 2.75) is 0 Å². The van der Waals surface area contributed by atoms with Gasteiger partial charge in [0.1, 0.15) is 5.75 Å². The van der Waals surface area contributed by atoms with Crippen molar-refractivity contribution in [2.24, 2.45) is 0 Å². The Bertz CT molecular complexity index is 482. The van der Waals surface area contributed by atoms with E-state index in [0.717, 1.165) is 44.2 Å². The Hall–Kier alpha value is -1.85. The Labute approximate surface area is 125 Å². The molecule has 0 aliphatic carbocycles. The van der Waals surface area contributed by atoms with Crippen LogP contribution < -0.4 is 10.1 Å². The summed E-state index contributed by atoms with van der Waals surface area (Å²) < 4.78 is 10.5. The maximum absolute atomic E-state index is 11.8. The number of amides is 1. The van der Waals surface area contributed by atoms with E-state index in [-0.39, 0.29) is 5.91 Å². The van der Waals surface area contributed by atoms with Gasteiger partial charge in [0.05, 0.1) is 20.3 Å². The number of benzene rings is 1. The van der Waals surface area contributed by atoms with Crippen molar-refractivity contribution < 1.29 is 14.3 Å². The smallest absolute Gasteiger partial charge is 0.244 e. The summed E-state index contributed by atoms with van der Waals surface area (Å²) in [4.78, 5) is 14.1. The molecule has 0 atom stereocenters. The van der Waals surface area contributed by atoms with E-state index in [1.807, 2.05) is 24.3 Å². The fourth-order valence-electron chi connectivity index (χ4n) is 2.19. The van der Waals surface area contributed by atoms with Crippen LogP contribution in [0.4, 0.5) is 0 Å². The maximum Gasteiger partial charge on any atom is 0.244 e. The molecular weight excluding hydrogens is 268 g/mol. The van der Waals surface area contributed by atoms with Gasteiger partial charge in [-0.25, -0.2) is 0 Å². The summed E-state index contributed by atoms with van der Waals surface area (Å²) in [7, 11) is 1.62. The largest absolute Gasteiger partial charge is 0.496 e. The van der Waals surface area contributed by atoms with Gasteiger partial charge >= 0.3 is 0 Å². The number of hydrogen-bond donors (Lipinski definition) is 1. The molecule has 1 amide bonds. The zero-order valence-electron chi connectivity index (χ0n) is 12.4. The molecule has 1 saturated heterocycles. The van der Waals surface area contributed by atoms with Gasteiger partial charge in [0, 0.05) is 37.8 Å². The van der Waals surface area contributed by atoms with Gasteiger partial charge in [-0.3, -0.25) is 9.69 Å². The van der Waals surface area contributed by atoms with Crippen LogP contribution >= 0.6 is 0 Å². The highest BCUT2D eigenvalue weighted by Crippen LogP contribution is 2.18. The highest BCUT2D eigenvalue weighted by Gasteiger charge is 2.09. The number of nitrogens with one attached hydrogen (secondary N) is 1. The van der Waals surface area contributed by atoms with E-state index < -0.39 is 0 Å². The minimum atomic E-state index is -0.0887. The van der Waals surface area contributed by atoms with Crippen LogP contribution in [-0.4, -0.2) is 57.3 Å². The average Bonchev–Trinajstić information content (AvgIpc) is 2.54. The molecule has 1 aromatic carbocycles. The van der Waals surface area contributed by atoms with Gasteiger partial charge in [-0.15, -0.1) is 0 Å². The maximum atomic E-state index is 11.8. The number of morpholine rings is 1. The summed E-state index contributed by atoms with van der Waals surface area (Å²) in [6.07, 6.45) is 3.31. The summed E-state index contributed by atoms with van der Waals surface area (Å²) in [5.41, 5.74) is 0.892. The molecule has 1 aliphatic heterocycles. The molecule has 5 heteroatoms. The first-order chi connectivity index (χ1) is 10.3. The van der Waals surface area contributed by atoms with Gasteiger partial charge in [0.15, 0.2) is 0 Å². The van der Waals surface area contributed by atoms with Crippen LogP contribution in [0.25, 0.3) is 6.08 Å². The number of ether oxygens (including phenoxy) is 2. The molecule has 0 saturated carbocycles. The van der Waals surface area contributed by atoms with Crippen LogP contribution in [0.2, 0.25) is 0 Å². The average molecular weight is 290 g/mol. The molecule has 0 spiro atoms. The summed E-state index contributed by atoms with van der Waals surface area (Å²) >= 11 is 0. The van der Waals surface area contributed by atoms with Crippen molar-refractivity contribution in [1.82, 2.24) is 10.2 Å². The molecule has 1 fully saturated rings. The van der Waals surface area contributed by atoms with Crippen LogP contribution in [0.5, 0.6) is 5.75 Å².